The molecule has 80 valence electrons. The van der Waals surface area contributed by atoms with E-state index < -0.39 is 0 Å². The van der Waals surface area contributed by atoms with Gasteiger partial charge in [-0.05, 0) is 33.6 Å². The van der Waals surface area contributed by atoms with Gasteiger partial charge in [-0.1, -0.05) is 13.8 Å². The molecule has 0 saturated carbocycles. The topological polar surface area (TPSA) is 55.3 Å². The van der Waals surface area contributed by atoms with E-state index in [0.717, 1.165) is 0 Å². The van der Waals surface area contributed by atoms with Crippen molar-refractivity contribution in [2.24, 2.45) is 17.4 Å². The highest BCUT2D eigenvalue weighted by molar-refractivity contribution is 4.90. The third-order valence-corrected chi connectivity index (χ3v) is 2.99. The molecule has 0 atom stereocenters. The minimum atomic E-state index is -0.359. The van der Waals surface area contributed by atoms with E-state index in [1.54, 1.807) is 0 Å². The lowest BCUT2D eigenvalue weighted by Gasteiger charge is -2.48. The average molecular weight is 187 g/mol. The van der Waals surface area contributed by atoms with Gasteiger partial charge in [-0.25, -0.2) is 0 Å². The summed E-state index contributed by atoms with van der Waals surface area (Å²) in [6.45, 7) is 13.2. The van der Waals surface area contributed by atoms with Crippen molar-refractivity contribution in [2.75, 3.05) is 6.67 Å². The molecule has 0 aliphatic rings. The normalized spacial score (nSPS) is 14.3. The van der Waals surface area contributed by atoms with Gasteiger partial charge in [-0.2, -0.15) is 0 Å². The molecule has 0 unspecified atom stereocenters. The van der Waals surface area contributed by atoms with Crippen molar-refractivity contribution in [3.05, 3.63) is 0 Å². The van der Waals surface area contributed by atoms with E-state index >= 15 is 0 Å². The molecular weight excluding hydrogens is 162 g/mol. The van der Waals surface area contributed by atoms with Gasteiger partial charge in [-0.15, -0.1) is 0 Å². The lowest BCUT2D eigenvalue weighted by Crippen LogP contribution is -2.63. The Balaban J connectivity index is 4.77. The first kappa shape index (κ1) is 12.9. The summed E-state index contributed by atoms with van der Waals surface area (Å²) in [7, 11) is 0. The summed E-state index contributed by atoms with van der Waals surface area (Å²) in [5.74, 6) is 0.527. The minimum absolute atomic E-state index is 0.0347. The van der Waals surface area contributed by atoms with Crippen LogP contribution in [0.5, 0.6) is 0 Å². The molecule has 3 heteroatoms. The van der Waals surface area contributed by atoms with Crippen molar-refractivity contribution in [2.45, 2.75) is 52.7 Å². The zero-order chi connectivity index (χ0) is 10.9. The third kappa shape index (κ3) is 2.93. The standard InChI is InChI=1S/C10H25N3/c1-8(2)9(3,4)13(7-11)10(5,6)12/h8H,7,11-12H2,1-6H3. The molecule has 0 aromatic heterocycles. The van der Waals surface area contributed by atoms with Crippen LogP contribution in [0.15, 0.2) is 0 Å². The van der Waals surface area contributed by atoms with Crippen molar-refractivity contribution in [1.29, 1.82) is 0 Å². The molecule has 0 bridgehead atoms. The second-order valence-corrected chi connectivity index (χ2v) is 5.07. The summed E-state index contributed by atoms with van der Waals surface area (Å²) in [5.41, 5.74) is 11.5. The van der Waals surface area contributed by atoms with Crippen LogP contribution in [0, 0.1) is 5.92 Å². The molecule has 0 fully saturated rings. The molecule has 3 nitrogen and oxygen atoms in total. The van der Waals surface area contributed by atoms with Gasteiger partial charge in [0.25, 0.3) is 0 Å². The quantitative estimate of drug-likeness (QED) is 0.653. The van der Waals surface area contributed by atoms with Crippen LogP contribution in [-0.2, 0) is 0 Å². The second kappa shape index (κ2) is 3.95. The summed E-state index contributed by atoms with van der Waals surface area (Å²) in [4.78, 5) is 2.13. The number of nitrogens with two attached hydrogens (primary N) is 2. The molecular formula is C10H25N3. The molecule has 0 rings (SSSR count). The van der Waals surface area contributed by atoms with Crippen molar-refractivity contribution >= 4 is 0 Å². The second-order valence-electron chi connectivity index (χ2n) is 5.07. The molecule has 4 N–H and O–H groups in total. The SMILES string of the molecule is CC(C)C(C)(C)N(CN)C(C)(C)N. The van der Waals surface area contributed by atoms with Gasteiger partial charge in [0.15, 0.2) is 0 Å². The van der Waals surface area contributed by atoms with E-state index in [-0.39, 0.29) is 11.2 Å². The van der Waals surface area contributed by atoms with E-state index in [0.29, 0.717) is 12.6 Å². The number of rotatable bonds is 4. The molecule has 0 radical (unpaired) electrons. The maximum absolute atomic E-state index is 6.06. The zero-order valence-corrected chi connectivity index (χ0v) is 9.89. The smallest absolute Gasteiger partial charge is 0.0645 e. The highest BCUT2D eigenvalue weighted by Gasteiger charge is 2.36. The molecule has 0 heterocycles. The van der Waals surface area contributed by atoms with Gasteiger partial charge in [0, 0.05) is 12.2 Å². The minimum Gasteiger partial charge on any atom is -0.318 e. The summed E-state index contributed by atoms with van der Waals surface area (Å²) in [6.07, 6.45) is 0. The van der Waals surface area contributed by atoms with Crippen LogP contribution >= 0.6 is 0 Å². The molecule has 0 amide bonds. The Kier molecular flexibility index (Phi) is 3.91. The Bertz CT molecular complexity index is 156. The van der Waals surface area contributed by atoms with E-state index in [4.69, 9.17) is 11.5 Å². The van der Waals surface area contributed by atoms with Crippen molar-refractivity contribution in [3.63, 3.8) is 0 Å². The number of hydrogen-bond acceptors (Lipinski definition) is 3. The summed E-state index contributed by atoms with van der Waals surface area (Å²) >= 11 is 0. The van der Waals surface area contributed by atoms with Gasteiger partial charge in [0.05, 0.1) is 5.66 Å². The van der Waals surface area contributed by atoms with Crippen LogP contribution in [0.25, 0.3) is 0 Å². The van der Waals surface area contributed by atoms with Crippen LogP contribution in [0.3, 0.4) is 0 Å². The van der Waals surface area contributed by atoms with Gasteiger partial charge in [-0.3, -0.25) is 4.90 Å². The molecule has 0 spiro atoms. The van der Waals surface area contributed by atoms with E-state index in [1.807, 2.05) is 13.8 Å². The summed E-state index contributed by atoms with van der Waals surface area (Å²) in [6, 6.07) is 0. The maximum atomic E-state index is 6.06. The fourth-order valence-electron chi connectivity index (χ4n) is 1.52. The fraction of sp³-hybridized carbons (Fsp3) is 1.00. The zero-order valence-electron chi connectivity index (χ0n) is 9.89. The molecule has 0 aliphatic heterocycles. The van der Waals surface area contributed by atoms with Crippen LogP contribution < -0.4 is 11.5 Å². The van der Waals surface area contributed by atoms with Crippen molar-refractivity contribution < 1.29 is 0 Å². The van der Waals surface area contributed by atoms with Crippen molar-refractivity contribution in [1.82, 2.24) is 4.90 Å². The van der Waals surface area contributed by atoms with Crippen LogP contribution in [0.4, 0.5) is 0 Å². The Labute approximate surface area is 82.5 Å². The Morgan fingerprint density at radius 2 is 1.54 bits per heavy atom. The van der Waals surface area contributed by atoms with E-state index in [9.17, 15) is 0 Å². The predicted octanol–water partition coefficient (Wildman–Crippen LogP) is 1.33. The third-order valence-electron chi connectivity index (χ3n) is 2.99. The lowest BCUT2D eigenvalue weighted by molar-refractivity contribution is -0.00609. The average Bonchev–Trinajstić information content (AvgIpc) is 1.83. The predicted molar refractivity (Wildman–Crippen MR) is 58.1 cm³/mol. The van der Waals surface area contributed by atoms with E-state index in [1.165, 1.54) is 0 Å². The van der Waals surface area contributed by atoms with Gasteiger partial charge in [0.2, 0.25) is 0 Å². The van der Waals surface area contributed by atoms with Crippen LogP contribution in [0.2, 0.25) is 0 Å². The van der Waals surface area contributed by atoms with Gasteiger partial charge < -0.3 is 11.5 Å². The van der Waals surface area contributed by atoms with Gasteiger partial charge >= 0.3 is 0 Å². The Morgan fingerprint density at radius 3 is 1.62 bits per heavy atom. The summed E-state index contributed by atoms with van der Waals surface area (Å²) < 4.78 is 0. The largest absolute Gasteiger partial charge is 0.318 e. The molecule has 0 aliphatic carbocycles. The number of hydrogen-bond donors (Lipinski definition) is 2. The van der Waals surface area contributed by atoms with Crippen LogP contribution in [-0.4, -0.2) is 22.8 Å². The van der Waals surface area contributed by atoms with Crippen LogP contribution in [0.1, 0.15) is 41.5 Å². The van der Waals surface area contributed by atoms with E-state index in [2.05, 4.69) is 32.6 Å². The highest BCUT2D eigenvalue weighted by Crippen LogP contribution is 2.27. The Hall–Kier alpha value is -0.120. The summed E-state index contributed by atoms with van der Waals surface area (Å²) in [5, 5.41) is 0. The van der Waals surface area contributed by atoms with Crippen molar-refractivity contribution in [3.8, 4) is 0 Å². The first-order valence-electron chi connectivity index (χ1n) is 4.90. The first-order chi connectivity index (χ1) is 5.64. The monoisotopic (exact) mass is 187 g/mol. The lowest BCUT2D eigenvalue weighted by atomic mass is 9.87. The maximum Gasteiger partial charge on any atom is 0.0645 e. The van der Waals surface area contributed by atoms with Gasteiger partial charge in [0.1, 0.15) is 0 Å². The first-order valence-corrected chi connectivity index (χ1v) is 4.90. The molecule has 0 aromatic carbocycles. The fourth-order valence-corrected chi connectivity index (χ4v) is 1.52. The Morgan fingerprint density at radius 1 is 1.15 bits per heavy atom. The molecule has 0 saturated heterocycles. The molecule has 13 heavy (non-hydrogen) atoms. The number of nitrogens with zero attached hydrogens (tertiary/aromatic N) is 1. The highest BCUT2D eigenvalue weighted by atomic mass is 15.3. The molecule has 0 aromatic rings.